The highest BCUT2D eigenvalue weighted by atomic mass is 16.5. The molecule has 0 heterocycles. The number of rotatable bonds is 8. The van der Waals surface area contributed by atoms with E-state index in [4.69, 9.17) is 9.47 Å². The summed E-state index contributed by atoms with van der Waals surface area (Å²) in [5.74, 6) is 0.374. The topological polar surface area (TPSA) is 76.7 Å². The third kappa shape index (κ3) is 5.93. The van der Waals surface area contributed by atoms with Gasteiger partial charge in [0.2, 0.25) is 11.8 Å². The fraction of sp³-hybridized carbons (Fsp3) is 0.263. The summed E-state index contributed by atoms with van der Waals surface area (Å²) >= 11 is 0. The van der Waals surface area contributed by atoms with Gasteiger partial charge in [0.05, 0.1) is 13.5 Å². The fourth-order valence-electron chi connectivity index (χ4n) is 2.37. The van der Waals surface area contributed by atoms with Crippen molar-refractivity contribution in [3.05, 3.63) is 59.7 Å². The summed E-state index contributed by atoms with van der Waals surface area (Å²) in [6.45, 7) is 0.377. The van der Waals surface area contributed by atoms with Crippen LogP contribution in [0, 0.1) is 0 Å². The maximum absolute atomic E-state index is 12.1. The van der Waals surface area contributed by atoms with Gasteiger partial charge in [0.1, 0.15) is 12.4 Å². The third-order valence-electron chi connectivity index (χ3n) is 3.52. The summed E-state index contributed by atoms with van der Waals surface area (Å²) in [6, 6.07) is 14.7. The molecule has 6 heteroatoms. The van der Waals surface area contributed by atoms with Crippen LogP contribution >= 0.6 is 0 Å². The zero-order valence-electron chi connectivity index (χ0n) is 14.4. The first-order valence-corrected chi connectivity index (χ1v) is 7.88. The highest BCUT2D eigenvalue weighted by Crippen LogP contribution is 2.17. The number of nitrogens with one attached hydrogen (secondary N) is 2. The van der Waals surface area contributed by atoms with E-state index in [2.05, 4.69) is 10.6 Å². The lowest BCUT2D eigenvalue weighted by atomic mass is 10.1. The first kappa shape index (κ1) is 18.5. The quantitative estimate of drug-likeness (QED) is 0.771. The van der Waals surface area contributed by atoms with Crippen LogP contribution in [0.25, 0.3) is 0 Å². The molecule has 0 saturated heterocycles. The molecule has 0 fully saturated rings. The van der Waals surface area contributed by atoms with E-state index < -0.39 is 0 Å². The number of amides is 2. The molecule has 0 aliphatic heterocycles. The SMILES string of the molecule is COCC(=O)Nc1cccc(CNC(=O)Cc2ccccc2OC)c1. The molecule has 132 valence electrons. The summed E-state index contributed by atoms with van der Waals surface area (Å²) in [4.78, 5) is 23.7. The number of methoxy groups -OCH3 is 2. The van der Waals surface area contributed by atoms with E-state index >= 15 is 0 Å². The zero-order valence-corrected chi connectivity index (χ0v) is 14.4. The van der Waals surface area contributed by atoms with Gasteiger partial charge in [0, 0.05) is 24.9 Å². The molecule has 0 spiro atoms. The van der Waals surface area contributed by atoms with Gasteiger partial charge in [-0.25, -0.2) is 0 Å². The summed E-state index contributed by atoms with van der Waals surface area (Å²) in [5.41, 5.74) is 2.39. The van der Waals surface area contributed by atoms with Crippen molar-refractivity contribution in [1.29, 1.82) is 0 Å². The number of carbonyl (C=O) groups excluding carboxylic acids is 2. The van der Waals surface area contributed by atoms with E-state index in [1.54, 1.807) is 13.2 Å². The predicted octanol–water partition coefficient (Wildman–Crippen LogP) is 2.14. The number of ether oxygens (including phenoxy) is 2. The Labute approximate surface area is 147 Å². The minimum atomic E-state index is -0.222. The number of anilines is 1. The molecule has 2 aromatic carbocycles. The Balaban J connectivity index is 1.90. The summed E-state index contributed by atoms with van der Waals surface area (Å²) in [6.07, 6.45) is 0.244. The number of para-hydroxylation sites is 1. The van der Waals surface area contributed by atoms with E-state index in [0.29, 0.717) is 18.0 Å². The molecule has 0 aliphatic carbocycles. The van der Waals surface area contributed by atoms with Crippen LogP contribution in [0.3, 0.4) is 0 Å². The van der Waals surface area contributed by atoms with Crippen LogP contribution in [0.1, 0.15) is 11.1 Å². The van der Waals surface area contributed by atoms with Crippen molar-refractivity contribution >= 4 is 17.5 Å². The largest absolute Gasteiger partial charge is 0.496 e. The second-order valence-corrected chi connectivity index (χ2v) is 5.45. The molecule has 0 saturated carbocycles. The van der Waals surface area contributed by atoms with Gasteiger partial charge >= 0.3 is 0 Å². The van der Waals surface area contributed by atoms with Gasteiger partial charge in [-0.15, -0.1) is 0 Å². The van der Waals surface area contributed by atoms with Gasteiger partial charge in [-0.1, -0.05) is 30.3 Å². The van der Waals surface area contributed by atoms with Crippen molar-refractivity contribution in [2.24, 2.45) is 0 Å². The molecule has 2 aromatic rings. The number of carbonyl (C=O) groups is 2. The van der Waals surface area contributed by atoms with Gasteiger partial charge < -0.3 is 20.1 Å². The number of hydrogen-bond acceptors (Lipinski definition) is 4. The summed E-state index contributed by atoms with van der Waals surface area (Å²) in [5, 5.41) is 5.61. The average Bonchev–Trinajstić information content (AvgIpc) is 2.61. The smallest absolute Gasteiger partial charge is 0.250 e. The minimum Gasteiger partial charge on any atom is -0.496 e. The molecule has 2 rings (SSSR count). The highest BCUT2D eigenvalue weighted by Gasteiger charge is 2.08. The van der Waals surface area contributed by atoms with Crippen LogP contribution in [0.5, 0.6) is 5.75 Å². The first-order chi connectivity index (χ1) is 12.1. The van der Waals surface area contributed by atoms with Crippen LogP contribution < -0.4 is 15.4 Å². The van der Waals surface area contributed by atoms with E-state index in [-0.39, 0.29) is 24.8 Å². The Morgan fingerprint density at radius 1 is 1.00 bits per heavy atom. The van der Waals surface area contributed by atoms with Crippen LogP contribution in [0.4, 0.5) is 5.69 Å². The Hall–Kier alpha value is -2.86. The molecular formula is C19H22N2O4. The van der Waals surface area contributed by atoms with E-state index in [9.17, 15) is 9.59 Å². The van der Waals surface area contributed by atoms with E-state index in [1.165, 1.54) is 7.11 Å². The molecule has 0 atom stereocenters. The molecule has 0 unspecified atom stereocenters. The van der Waals surface area contributed by atoms with Gasteiger partial charge in [0.25, 0.3) is 0 Å². The fourth-order valence-corrected chi connectivity index (χ4v) is 2.37. The third-order valence-corrected chi connectivity index (χ3v) is 3.52. The number of hydrogen-bond donors (Lipinski definition) is 2. The first-order valence-electron chi connectivity index (χ1n) is 7.88. The Morgan fingerprint density at radius 3 is 2.56 bits per heavy atom. The molecule has 0 aromatic heterocycles. The monoisotopic (exact) mass is 342 g/mol. The molecule has 0 bridgehead atoms. The van der Waals surface area contributed by atoms with Crippen molar-refractivity contribution in [3.8, 4) is 5.75 Å². The lowest BCUT2D eigenvalue weighted by Gasteiger charge is -2.10. The van der Waals surface area contributed by atoms with Crippen molar-refractivity contribution in [2.45, 2.75) is 13.0 Å². The number of benzene rings is 2. The van der Waals surface area contributed by atoms with Gasteiger partial charge in [-0.2, -0.15) is 0 Å². The van der Waals surface area contributed by atoms with Crippen LogP contribution in [0.15, 0.2) is 48.5 Å². The van der Waals surface area contributed by atoms with Crippen molar-refractivity contribution in [2.75, 3.05) is 26.1 Å². The summed E-state index contributed by atoms with van der Waals surface area (Å²) in [7, 11) is 3.05. The van der Waals surface area contributed by atoms with Crippen molar-refractivity contribution in [1.82, 2.24) is 5.32 Å². The molecule has 2 N–H and O–H groups in total. The Bertz CT molecular complexity index is 731. The predicted molar refractivity (Wildman–Crippen MR) is 95.5 cm³/mol. The molecule has 0 radical (unpaired) electrons. The average molecular weight is 342 g/mol. The van der Waals surface area contributed by atoms with Crippen molar-refractivity contribution in [3.63, 3.8) is 0 Å². The molecule has 0 aliphatic rings. The Morgan fingerprint density at radius 2 is 1.80 bits per heavy atom. The second-order valence-electron chi connectivity index (χ2n) is 5.45. The van der Waals surface area contributed by atoms with Gasteiger partial charge in [-0.05, 0) is 23.8 Å². The van der Waals surface area contributed by atoms with E-state index in [1.807, 2.05) is 42.5 Å². The maximum atomic E-state index is 12.1. The molecule has 6 nitrogen and oxygen atoms in total. The maximum Gasteiger partial charge on any atom is 0.250 e. The highest BCUT2D eigenvalue weighted by molar-refractivity contribution is 5.91. The van der Waals surface area contributed by atoms with Crippen LogP contribution in [0.2, 0.25) is 0 Å². The minimum absolute atomic E-state index is 0.000127. The van der Waals surface area contributed by atoms with Crippen molar-refractivity contribution < 1.29 is 19.1 Å². The molecule has 2 amide bonds. The summed E-state index contributed by atoms with van der Waals surface area (Å²) < 4.78 is 10.0. The molecular weight excluding hydrogens is 320 g/mol. The standard InChI is InChI=1S/C19H22N2O4/c1-24-13-19(23)21-16-8-5-6-14(10-16)12-20-18(22)11-15-7-3-4-9-17(15)25-2/h3-10H,11-13H2,1-2H3,(H,20,22)(H,21,23). The second kappa shape index (κ2) is 9.44. The van der Waals surface area contributed by atoms with Crippen LogP contribution in [-0.2, 0) is 27.3 Å². The lowest BCUT2D eigenvalue weighted by molar-refractivity contribution is -0.121. The zero-order chi connectivity index (χ0) is 18.1. The van der Waals surface area contributed by atoms with E-state index in [0.717, 1.165) is 11.1 Å². The van der Waals surface area contributed by atoms with Gasteiger partial charge in [0.15, 0.2) is 0 Å². The Kier molecular flexibility index (Phi) is 6.98. The normalized spacial score (nSPS) is 10.2. The lowest BCUT2D eigenvalue weighted by Crippen LogP contribution is -2.25. The van der Waals surface area contributed by atoms with Crippen LogP contribution in [-0.4, -0.2) is 32.6 Å². The van der Waals surface area contributed by atoms with Gasteiger partial charge in [-0.3, -0.25) is 9.59 Å². The molecule has 25 heavy (non-hydrogen) atoms.